The first-order chi connectivity index (χ1) is 8.13. The highest BCUT2D eigenvalue weighted by Gasteiger charge is 2.05. The Bertz CT molecular complexity index is 375. The third-order valence-corrected chi connectivity index (χ3v) is 1.77. The molecule has 1 heterocycles. The number of nitrogens with zero attached hydrogens (tertiary/aromatic N) is 3. The molecule has 0 unspecified atom stereocenters. The number of hydrogen-bond acceptors (Lipinski definition) is 6. The van der Waals surface area contributed by atoms with Crippen LogP contribution in [-0.2, 0) is 4.74 Å². The summed E-state index contributed by atoms with van der Waals surface area (Å²) in [6.45, 7) is -3.17. The van der Waals surface area contributed by atoms with E-state index in [0.29, 0.717) is 0 Å². The Labute approximate surface area is 99.8 Å². The van der Waals surface area contributed by atoms with E-state index in [-0.39, 0.29) is 30.0 Å². The average Bonchev–Trinajstić information content (AvgIpc) is 2.34. The van der Waals surface area contributed by atoms with Gasteiger partial charge in [-0.15, -0.1) is 0 Å². The van der Waals surface area contributed by atoms with Gasteiger partial charge in [0, 0.05) is 0 Å². The van der Waals surface area contributed by atoms with Crippen molar-refractivity contribution in [2.75, 3.05) is 13.2 Å². The quantitative estimate of drug-likeness (QED) is 0.365. The summed E-state index contributed by atoms with van der Waals surface area (Å²) in [7, 11) is 0. The van der Waals surface area contributed by atoms with Gasteiger partial charge in [0.1, 0.15) is 12.3 Å². The minimum atomic E-state index is -2.83. The number of rotatable bonds is 6. The standard InChI is InChI=1S/C8H8ClF2N3O3/c9-7(14-15)5-3-13-6(4-12-5)16-1-2-17-8(10)11/h3-4,8,15H,1-2H2/b14-7-. The molecule has 0 saturated heterocycles. The SMILES string of the molecule is O/N=C(\Cl)c1cnc(OCCOC(F)F)cn1. The number of ether oxygens (including phenoxy) is 2. The van der Waals surface area contributed by atoms with E-state index in [2.05, 4.69) is 19.9 Å². The molecule has 0 aliphatic heterocycles. The van der Waals surface area contributed by atoms with Gasteiger partial charge in [-0.2, -0.15) is 8.78 Å². The maximum atomic E-state index is 11.6. The van der Waals surface area contributed by atoms with Gasteiger partial charge >= 0.3 is 6.61 Å². The fourth-order valence-corrected chi connectivity index (χ4v) is 0.930. The minimum Gasteiger partial charge on any atom is -0.474 e. The summed E-state index contributed by atoms with van der Waals surface area (Å²) < 4.78 is 32.1. The van der Waals surface area contributed by atoms with Crippen LogP contribution in [0.2, 0.25) is 0 Å². The fraction of sp³-hybridized carbons (Fsp3) is 0.375. The molecule has 1 aromatic rings. The molecular formula is C8H8ClF2N3O3. The van der Waals surface area contributed by atoms with Crippen molar-refractivity contribution in [3.8, 4) is 5.88 Å². The molecule has 1 rings (SSSR count). The molecule has 9 heteroatoms. The Hall–Kier alpha value is -1.54. The summed E-state index contributed by atoms with van der Waals surface area (Å²) in [5.41, 5.74) is 0.158. The summed E-state index contributed by atoms with van der Waals surface area (Å²) in [6, 6.07) is 0. The lowest BCUT2D eigenvalue weighted by molar-refractivity contribution is -0.133. The Morgan fingerprint density at radius 2 is 2.18 bits per heavy atom. The molecule has 0 fully saturated rings. The first-order valence-electron chi connectivity index (χ1n) is 4.36. The second kappa shape index (κ2) is 6.92. The van der Waals surface area contributed by atoms with E-state index in [1.807, 2.05) is 0 Å². The molecule has 0 bridgehead atoms. The molecule has 1 N–H and O–H groups in total. The highest BCUT2D eigenvalue weighted by Crippen LogP contribution is 2.06. The topological polar surface area (TPSA) is 76.8 Å². The smallest absolute Gasteiger partial charge is 0.345 e. The number of hydrogen-bond donors (Lipinski definition) is 1. The van der Waals surface area contributed by atoms with Crippen LogP contribution in [-0.4, -0.2) is 40.2 Å². The van der Waals surface area contributed by atoms with Crippen molar-refractivity contribution in [3.63, 3.8) is 0 Å². The fourth-order valence-electron chi connectivity index (χ4n) is 0.832. The normalized spacial score (nSPS) is 11.9. The van der Waals surface area contributed by atoms with Crippen LogP contribution in [0.5, 0.6) is 5.88 Å². The van der Waals surface area contributed by atoms with Crippen LogP contribution in [0.4, 0.5) is 8.78 Å². The Kier molecular flexibility index (Phi) is 5.50. The molecule has 0 amide bonds. The second-order valence-corrected chi connectivity index (χ2v) is 2.97. The molecule has 0 saturated carbocycles. The predicted molar refractivity (Wildman–Crippen MR) is 53.7 cm³/mol. The van der Waals surface area contributed by atoms with Gasteiger partial charge in [-0.05, 0) is 0 Å². The molecule has 0 aliphatic carbocycles. The monoisotopic (exact) mass is 267 g/mol. The van der Waals surface area contributed by atoms with Crippen molar-refractivity contribution in [3.05, 3.63) is 18.1 Å². The molecule has 0 atom stereocenters. The zero-order chi connectivity index (χ0) is 12.7. The molecule has 6 nitrogen and oxygen atoms in total. The molecule has 0 spiro atoms. The average molecular weight is 268 g/mol. The van der Waals surface area contributed by atoms with E-state index in [9.17, 15) is 8.78 Å². The predicted octanol–water partition coefficient (Wildman–Crippen LogP) is 1.47. The van der Waals surface area contributed by atoms with Gasteiger partial charge in [0.05, 0.1) is 19.0 Å². The second-order valence-electron chi connectivity index (χ2n) is 2.61. The van der Waals surface area contributed by atoms with Crippen molar-refractivity contribution in [1.82, 2.24) is 9.97 Å². The highest BCUT2D eigenvalue weighted by molar-refractivity contribution is 6.69. The third-order valence-electron chi connectivity index (χ3n) is 1.50. The molecule has 0 aromatic carbocycles. The van der Waals surface area contributed by atoms with Crippen LogP contribution < -0.4 is 4.74 Å². The zero-order valence-electron chi connectivity index (χ0n) is 8.39. The van der Waals surface area contributed by atoms with E-state index in [1.165, 1.54) is 12.4 Å². The molecule has 0 aliphatic rings. The van der Waals surface area contributed by atoms with Gasteiger partial charge in [-0.25, -0.2) is 9.97 Å². The van der Waals surface area contributed by atoms with E-state index < -0.39 is 6.61 Å². The van der Waals surface area contributed by atoms with Crippen molar-refractivity contribution in [2.45, 2.75) is 6.61 Å². The van der Waals surface area contributed by atoms with Crippen LogP contribution in [0.15, 0.2) is 17.5 Å². The van der Waals surface area contributed by atoms with Crippen molar-refractivity contribution >= 4 is 16.8 Å². The van der Waals surface area contributed by atoms with Gasteiger partial charge in [0.2, 0.25) is 5.88 Å². The number of halogens is 3. The number of aromatic nitrogens is 2. The molecule has 1 aromatic heterocycles. The lowest BCUT2D eigenvalue weighted by Crippen LogP contribution is -2.10. The van der Waals surface area contributed by atoms with Gasteiger partial charge < -0.3 is 14.7 Å². The first-order valence-corrected chi connectivity index (χ1v) is 4.74. The van der Waals surface area contributed by atoms with Gasteiger partial charge in [0.15, 0.2) is 5.17 Å². The number of alkyl halides is 2. The lowest BCUT2D eigenvalue weighted by Gasteiger charge is -2.05. The molecule has 0 radical (unpaired) electrons. The number of oxime groups is 1. The summed E-state index contributed by atoms with van der Waals surface area (Å²) in [5, 5.41) is 10.9. The third kappa shape index (κ3) is 4.87. The maximum absolute atomic E-state index is 11.6. The van der Waals surface area contributed by atoms with Crippen LogP contribution in [0.1, 0.15) is 5.69 Å². The van der Waals surface area contributed by atoms with E-state index in [4.69, 9.17) is 21.5 Å². The van der Waals surface area contributed by atoms with Gasteiger partial charge in [-0.3, -0.25) is 0 Å². The highest BCUT2D eigenvalue weighted by atomic mass is 35.5. The van der Waals surface area contributed by atoms with Crippen LogP contribution in [0.25, 0.3) is 0 Å². The summed E-state index contributed by atoms with van der Waals surface area (Å²) >= 11 is 5.46. The minimum absolute atomic E-state index is 0.0831. The van der Waals surface area contributed by atoms with Crippen molar-refractivity contribution < 1.29 is 23.5 Å². The van der Waals surface area contributed by atoms with Crippen molar-refractivity contribution in [2.24, 2.45) is 5.16 Å². The first kappa shape index (κ1) is 13.5. The van der Waals surface area contributed by atoms with Gasteiger partial charge in [0.25, 0.3) is 0 Å². The summed E-state index contributed by atoms with van der Waals surface area (Å²) in [5.74, 6) is 0.119. The van der Waals surface area contributed by atoms with E-state index >= 15 is 0 Å². The molecular weight excluding hydrogens is 260 g/mol. The largest absolute Gasteiger partial charge is 0.474 e. The summed E-state index contributed by atoms with van der Waals surface area (Å²) in [4.78, 5) is 7.52. The Balaban J connectivity index is 2.41. The molecule has 17 heavy (non-hydrogen) atoms. The zero-order valence-corrected chi connectivity index (χ0v) is 9.14. The summed E-state index contributed by atoms with van der Waals surface area (Å²) in [6.07, 6.45) is 2.43. The van der Waals surface area contributed by atoms with E-state index in [1.54, 1.807) is 0 Å². The van der Waals surface area contributed by atoms with Crippen molar-refractivity contribution in [1.29, 1.82) is 0 Å². The lowest BCUT2D eigenvalue weighted by atomic mass is 10.5. The van der Waals surface area contributed by atoms with Crippen LogP contribution in [0.3, 0.4) is 0 Å². The van der Waals surface area contributed by atoms with Crippen LogP contribution >= 0.6 is 11.6 Å². The Morgan fingerprint density at radius 1 is 1.41 bits per heavy atom. The van der Waals surface area contributed by atoms with E-state index in [0.717, 1.165) is 0 Å². The van der Waals surface area contributed by atoms with Gasteiger partial charge in [-0.1, -0.05) is 16.8 Å². The maximum Gasteiger partial charge on any atom is 0.345 e. The van der Waals surface area contributed by atoms with Crippen LogP contribution in [0, 0.1) is 0 Å². The molecule has 94 valence electrons. The Morgan fingerprint density at radius 3 is 2.71 bits per heavy atom.